The minimum atomic E-state index is -4.41. The van der Waals surface area contributed by atoms with Gasteiger partial charge in [-0.2, -0.15) is 13.2 Å². The van der Waals surface area contributed by atoms with Crippen LogP contribution in [0.1, 0.15) is 30.4 Å². The summed E-state index contributed by atoms with van der Waals surface area (Å²) < 4.78 is 38.8. The molecule has 1 amide bonds. The second kappa shape index (κ2) is 6.05. The summed E-state index contributed by atoms with van der Waals surface area (Å²) in [4.78, 5) is 13.6. The maximum atomic E-state index is 12.9. The number of halogens is 3. The zero-order chi connectivity index (χ0) is 15.6. The van der Waals surface area contributed by atoms with Crippen LogP contribution in [0.2, 0.25) is 0 Å². The predicted molar refractivity (Wildman–Crippen MR) is 73.2 cm³/mol. The summed E-state index contributed by atoms with van der Waals surface area (Å²) in [5.41, 5.74) is 5.29. The molecule has 1 fully saturated rings. The smallest absolute Gasteiger partial charge is 0.341 e. The Morgan fingerprint density at radius 3 is 2.57 bits per heavy atom. The van der Waals surface area contributed by atoms with E-state index < -0.39 is 11.7 Å². The minimum Gasteiger partial charge on any atom is -0.341 e. The fourth-order valence-corrected chi connectivity index (χ4v) is 2.85. The number of amides is 1. The maximum Gasteiger partial charge on any atom is 0.416 e. The van der Waals surface area contributed by atoms with Gasteiger partial charge in [-0.05, 0) is 24.5 Å². The molecular weight excluding hydrogens is 281 g/mol. The highest BCUT2D eigenvalue weighted by molar-refractivity contribution is 5.79. The fourth-order valence-electron chi connectivity index (χ4n) is 2.85. The highest BCUT2D eigenvalue weighted by Gasteiger charge is 2.35. The number of hydrogen-bond donors (Lipinski definition) is 1. The molecule has 0 spiro atoms. The summed E-state index contributed by atoms with van der Waals surface area (Å²) in [6.45, 7) is -0.0578. The van der Waals surface area contributed by atoms with Gasteiger partial charge in [0.1, 0.15) is 0 Å². The van der Waals surface area contributed by atoms with E-state index in [0.717, 1.165) is 18.9 Å². The van der Waals surface area contributed by atoms with Crippen LogP contribution in [0.5, 0.6) is 0 Å². The molecule has 2 N–H and O–H groups in total. The van der Waals surface area contributed by atoms with Gasteiger partial charge in [-0.25, -0.2) is 0 Å². The second-order valence-corrected chi connectivity index (χ2v) is 5.55. The van der Waals surface area contributed by atoms with E-state index in [9.17, 15) is 18.0 Å². The lowest BCUT2D eigenvalue weighted by molar-refractivity contribution is -0.140. The third kappa shape index (κ3) is 3.56. The van der Waals surface area contributed by atoms with E-state index in [0.29, 0.717) is 6.42 Å². The lowest BCUT2D eigenvalue weighted by Crippen LogP contribution is -2.39. The molecular formula is C15H19F3N2O. The van der Waals surface area contributed by atoms with E-state index in [2.05, 4.69) is 0 Å². The Labute approximate surface area is 121 Å². The molecule has 1 aromatic carbocycles. The average Bonchev–Trinajstić information content (AvgIpc) is 2.83. The molecule has 2 rings (SSSR count). The summed E-state index contributed by atoms with van der Waals surface area (Å²) >= 11 is 0. The first-order valence-corrected chi connectivity index (χ1v) is 6.96. The molecule has 1 aromatic rings. The molecule has 0 heterocycles. The van der Waals surface area contributed by atoms with E-state index in [-0.39, 0.29) is 30.0 Å². The molecule has 0 aliphatic heterocycles. The molecule has 21 heavy (non-hydrogen) atoms. The lowest BCUT2D eigenvalue weighted by Gasteiger charge is -2.24. The Morgan fingerprint density at radius 1 is 1.33 bits per heavy atom. The van der Waals surface area contributed by atoms with Gasteiger partial charge in [-0.15, -0.1) is 0 Å². The molecule has 0 unspecified atom stereocenters. The molecule has 0 saturated heterocycles. The Balaban J connectivity index is 2.13. The van der Waals surface area contributed by atoms with E-state index in [1.807, 2.05) is 0 Å². The molecule has 0 bridgehead atoms. The lowest BCUT2D eigenvalue weighted by atomic mass is 10.0. The van der Waals surface area contributed by atoms with E-state index in [1.165, 1.54) is 24.1 Å². The number of hydrogen-bond acceptors (Lipinski definition) is 2. The fraction of sp³-hybridized carbons (Fsp3) is 0.533. The van der Waals surface area contributed by atoms with Gasteiger partial charge in [0.05, 0.1) is 11.5 Å². The van der Waals surface area contributed by atoms with Crippen LogP contribution in [0.25, 0.3) is 0 Å². The third-order valence-electron chi connectivity index (χ3n) is 3.99. The van der Waals surface area contributed by atoms with Crippen molar-refractivity contribution < 1.29 is 18.0 Å². The molecule has 0 aromatic heterocycles. The number of alkyl halides is 3. The van der Waals surface area contributed by atoms with Gasteiger partial charge in [-0.1, -0.05) is 24.6 Å². The zero-order valence-corrected chi connectivity index (χ0v) is 11.9. The van der Waals surface area contributed by atoms with Crippen molar-refractivity contribution in [1.29, 1.82) is 0 Å². The standard InChI is InChI=1S/C15H19F3N2O/c1-20(14(21)11-6-4-8-13(11)19)9-10-5-2-3-7-12(10)15(16,17)18/h2-3,5,7,11,13H,4,6,8-9,19H2,1H3/t11-,13-/m1/s1. The van der Waals surface area contributed by atoms with Crippen LogP contribution in [0, 0.1) is 5.92 Å². The number of carbonyl (C=O) groups is 1. The highest BCUT2D eigenvalue weighted by Crippen LogP contribution is 2.33. The first-order chi connectivity index (χ1) is 9.80. The second-order valence-electron chi connectivity index (χ2n) is 5.55. The summed E-state index contributed by atoms with van der Waals surface area (Å²) in [6.07, 6.45) is -2.01. The van der Waals surface area contributed by atoms with Gasteiger partial charge in [0, 0.05) is 19.6 Å². The van der Waals surface area contributed by atoms with Crippen molar-refractivity contribution in [2.75, 3.05) is 7.05 Å². The van der Waals surface area contributed by atoms with Crippen LogP contribution >= 0.6 is 0 Å². The van der Waals surface area contributed by atoms with Gasteiger partial charge in [0.15, 0.2) is 0 Å². The average molecular weight is 300 g/mol. The number of carbonyl (C=O) groups excluding carboxylic acids is 1. The molecule has 1 aliphatic rings. The van der Waals surface area contributed by atoms with Gasteiger partial charge < -0.3 is 10.6 Å². The van der Waals surface area contributed by atoms with Crippen LogP contribution < -0.4 is 5.73 Å². The SMILES string of the molecule is CN(Cc1ccccc1C(F)(F)F)C(=O)[C@@H]1CCC[C@H]1N. The normalized spacial score (nSPS) is 22.3. The van der Waals surface area contributed by atoms with E-state index in [4.69, 9.17) is 5.73 Å². The Hall–Kier alpha value is -1.56. The van der Waals surface area contributed by atoms with E-state index in [1.54, 1.807) is 6.07 Å². The van der Waals surface area contributed by atoms with Gasteiger partial charge >= 0.3 is 6.18 Å². The summed E-state index contributed by atoms with van der Waals surface area (Å²) in [5, 5.41) is 0. The first-order valence-electron chi connectivity index (χ1n) is 6.96. The highest BCUT2D eigenvalue weighted by atomic mass is 19.4. The van der Waals surface area contributed by atoms with Crippen LogP contribution in [-0.2, 0) is 17.5 Å². The van der Waals surface area contributed by atoms with Crippen molar-refractivity contribution in [2.45, 2.75) is 38.0 Å². The van der Waals surface area contributed by atoms with Crippen molar-refractivity contribution in [2.24, 2.45) is 11.7 Å². The Morgan fingerprint density at radius 2 is 2.00 bits per heavy atom. The molecule has 116 valence electrons. The monoisotopic (exact) mass is 300 g/mol. The molecule has 1 saturated carbocycles. The number of benzene rings is 1. The Bertz CT molecular complexity index is 516. The molecule has 3 nitrogen and oxygen atoms in total. The number of nitrogens with zero attached hydrogens (tertiary/aromatic N) is 1. The largest absolute Gasteiger partial charge is 0.416 e. The van der Waals surface area contributed by atoms with Crippen molar-refractivity contribution in [1.82, 2.24) is 4.90 Å². The summed E-state index contributed by atoms with van der Waals surface area (Å²) in [7, 11) is 1.53. The molecule has 0 radical (unpaired) electrons. The van der Waals surface area contributed by atoms with Gasteiger partial charge in [0.25, 0.3) is 0 Å². The van der Waals surface area contributed by atoms with E-state index >= 15 is 0 Å². The quantitative estimate of drug-likeness (QED) is 0.933. The van der Waals surface area contributed by atoms with Crippen molar-refractivity contribution in [3.63, 3.8) is 0 Å². The summed E-state index contributed by atoms with van der Waals surface area (Å²) in [6, 6.07) is 5.15. The Kier molecular flexibility index (Phi) is 4.56. The minimum absolute atomic E-state index is 0.0578. The maximum absolute atomic E-state index is 12.9. The zero-order valence-electron chi connectivity index (χ0n) is 11.9. The topological polar surface area (TPSA) is 46.3 Å². The predicted octanol–water partition coefficient (Wildman–Crippen LogP) is 2.79. The molecule has 6 heteroatoms. The summed E-state index contributed by atoms with van der Waals surface area (Å²) in [5.74, 6) is -0.440. The van der Waals surface area contributed by atoms with Crippen LogP contribution in [-0.4, -0.2) is 23.9 Å². The number of nitrogens with two attached hydrogens (primary N) is 1. The van der Waals surface area contributed by atoms with Crippen molar-refractivity contribution in [3.05, 3.63) is 35.4 Å². The third-order valence-corrected chi connectivity index (χ3v) is 3.99. The van der Waals surface area contributed by atoms with Crippen LogP contribution in [0.4, 0.5) is 13.2 Å². The van der Waals surface area contributed by atoms with Crippen LogP contribution in [0.15, 0.2) is 24.3 Å². The molecule has 1 aliphatic carbocycles. The van der Waals surface area contributed by atoms with Crippen molar-refractivity contribution >= 4 is 5.91 Å². The first kappa shape index (κ1) is 15.8. The van der Waals surface area contributed by atoms with Crippen molar-refractivity contribution in [3.8, 4) is 0 Å². The van der Waals surface area contributed by atoms with Gasteiger partial charge in [0.2, 0.25) is 5.91 Å². The van der Waals surface area contributed by atoms with Gasteiger partial charge in [-0.3, -0.25) is 4.79 Å². The molecule has 2 atom stereocenters. The number of rotatable bonds is 3. The van der Waals surface area contributed by atoms with Crippen LogP contribution in [0.3, 0.4) is 0 Å².